The molecule has 126 valence electrons. The highest BCUT2D eigenvalue weighted by Gasteiger charge is 2.24. The van der Waals surface area contributed by atoms with Crippen LogP contribution in [-0.4, -0.2) is 12.2 Å². The van der Waals surface area contributed by atoms with Gasteiger partial charge in [0.05, 0.1) is 6.61 Å². The average Bonchev–Trinajstić information content (AvgIpc) is 2.36. The van der Waals surface area contributed by atoms with Gasteiger partial charge in [0.25, 0.3) is 0 Å². The van der Waals surface area contributed by atoms with Crippen molar-refractivity contribution in [1.82, 2.24) is 0 Å². The lowest BCUT2D eigenvalue weighted by Gasteiger charge is -2.29. The highest BCUT2D eigenvalue weighted by molar-refractivity contribution is 5.45. The topological polar surface area (TPSA) is 29.5 Å². The van der Waals surface area contributed by atoms with Gasteiger partial charge in [0.15, 0.2) is 0 Å². The van der Waals surface area contributed by atoms with Crippen LogP contribution in [0.25, 0.3) is 0 Å². The summed E-state index contributed by atoms with van der Waals surface area (Å²) in [6, 6.07) is 4.17. The molecule has 0 unspecified atom stereocenters. The number of aromatic hydroxyl groups is 1. The maximum Gasteiger partial charge on any atom is 0.119 e. The van der Waals surface area contributed by atoms with E-state index < -0.39 is 0 Å². The standard InChI is InChI=1S/C20H34O2/c1-8-17-15(14-22-7)12-16(13-18(17)21)20(5,6)11-9-10-19(2,3)4/h12-13,21H,8-11,14H2,1-7H3. The third kappa shape index (κ3) is 5.31. The van der Waals surface area contributed by atoms with E-state index in [0.717, 1.165) is 24.0 Å². The van der Waals surface area contributed by atoms with Gasteiger partial charge in [-0.05, 0) is 52.8 Å². The second kappa shape index (κ2) is 7.50. The molecule has 1 aromatic carbocycles. The smallest absolute Gasteiger partial charge is 0.119 e. The molecule has 0 fully saturated rings. The van der Waals surface area contributed by atoms with Crippen molar-refractivity contribution in [3.05, 3.63) is 28.8 Å². The monoisotopic (exact) mass is 306 g/mol. The van der Waals surface area contributed by atoms with Gasteiger partial charge in [0.2, 0.25) is 0 Å². The highest BCUT2D eigenvalue weighted by Crippen LogP contribution is 2.36. The molecule has 0 spiro atoms. The number of hydrogen-bond acceptors (Lipinski definition) is 2. The van der Waals surface area contributed by atoms with Crippen LogP contribution in [0.1, 0.15) is 77.5 Å². The van der Waals surface area contributed by atoms with Crippen LogP contribution in [-0.2, 0) is 23.2 Å². The average molecular weight is 306 g/mol. The number of methoxy groups -OCH3 is 1. The first kappa shape index (κ1) is 19.0. The normalized spacial score (nSPS) is 12.7. The molecule has 1 aromatic rings. The zero-order chi connectivity index (χ0) is 17.0. The van der Waals surface area contributed by atoms with Crippen molar-refractivity contribution in [2.75, 3.05) is 7.11 Å². The molecule has 0 saturated carbocycles. The van der Waals surface area contributed by atoms with Crippen LogP contribution >= 0.6 is 0 Å². The van der Waals surface area contributed by atoms with E-state index in [0.29, 0.717) is 17.8 Å². The first-order chi connectivity index (χ1) is 10.1. The minimum absolute atomic E-state index is 0.0670. The van der Waals surface area contributed by atoms with Gasteiger partial charge in [-0.3, -0.25) is 0 Å². The van der Waals surface area contributed by atoms with E-state index in [-0.39, 0.29) is 5.41 Å². The summed E-state index contributed by atoms with van der Waals surface area (Å²) in [5.74, 6) is 0.413. The molecule has 22 heavy (non-hydrogen) atoms. The Bertz CT molecular complexity index is 481. The lowest BCUT2D eigenvalue weighted by Crippen LogP contribution is -2.19. The van der Waals surface area contributed by atoms with Gasteiger partial charge in [-0.2, -0.15) is 0 Å². The quantitative estimate of drug-likeness (QED) is 0.711. The predicted molar refractivity (Wildman–Crippen MR) is 94.5 cm³/mol. The van der Waals surface area contributed by atoms with E-state index in [1.54, 1.807) is 7.11 Å². The van der Waals surface area contributed by atoms with Crippen molar-refractivity contribution in [2.24, 2.45) is 5.41 Å². The predicted octanol–water partition coefficient (Wildman–Crippen LogP) is 5.60. The molecule has 0 aliphatic heterocycles. The molecule has 0 heterocycles. The summed E-state index contributed by atoms with van der Waals surface area (Å²) in [6.45, 7) is 14.0. The molecule has 0 atom stereocenters. The summed E-state index contributed by atoms with van der Waals surface area (Å²) < 4.78 is 5.31. The van der Waals surface area contributed by atoms with E-state index in [1.807, 2.05) is 6.07 Å². The molecule has 0 amide bonds. The second-order valence-corrected chi connectivity index (χ2v) is 8.22. The Balaban J connectivity index is 2.98. The van der Waals surface area contributed by atoms with Gasteiger partial charge in [-0.15, -0.1) is 0 Å². The molecule has 1 rings (SSSR count). The third-order valence-electron chi connectivity index (χ3n) is 4.48. The lowest BCUT2D eigenvalue weighted by atomic mass is 9.77. The molecule has 0 radical (unpaired) electrons. The second-order valence-electron chi connectivity index (χ2n) is 8.22. The first-order valence-corrected chi connectivity index (χ1v) is 8.45. The molecule has 0 aliphatic rings. The number of rotatable bonds is 7. The highest BCUT2D eigenvalue weighted by atomic mass is 16.5. The summed E-state index contributed by atoms with van der Waals surface area (Å²) in [5, 5.41) is 10.4. The number of hydrogen-bond donors (Lipinski definition) is 1. The summed E-state index contributed by atoms with van der Waals surface area (Å²) in [7, 11) is 1.71. The minimum Gasteiger partial charge on any atom is -0.508 e. The molecule has 0 bridgehead atoms. The fourth-order valence-electron chi connectivity index (χ4n) is 3.00. The number of ether oxygens (including phenoxy) is 1. The summed E-state index contributed by atoms with van der Waals surface area (Å²) >= 11 is 0. The number of phenols is 1. The van der Waals surface area contributed by atoms with Crippen molar-refractivity contribution >= 4 is 0 Å². The van der Waals surface area contributed by atoms with E-state index in [9.17, 15) is 5.11 Å². The van der Waals surface area contributed by atoms with E-state index in [2.05, 4.69) is 47.6 Å². The minimum atomic E-state index is 0.0670. The van der Waals surface area contributed by atoms with Crippen LogP contribution in [0.15, 0.2) is 12.1 Å². The first-order valence-electron chi connectivity index (χ1n) is 8.45. The van der Waals surface area contributed by atoms with Crippen molar-refractivity contribution in [3.8, 4) is 5.75 Å². The molecule has 0 aromatic heterocycles. The van der Waals surface area contributed by atoms with Gasteiger partial charge in [0.1, 0.15) is 5.75 Å². The molecule has 1 N–H and O–H groups in total. The Hall–Kier alpha value is -1.02. The van der Waals surface area contributed by atoms with Crippen LogP contribution in [0.4, 0.5) is 0 Å². The van der Waals surface area contributed by atoms with E-state index in [1.165, 1.54) is 18.4 Å². The molecular weight excluding hydrogens is 272 g/mol. The third-order valence-corrected chi connectivity index (χ3v) is 4.48. The maximum absolute atomic E-state index is 10.4. The van der Waals surface area contributed by atoms with E-state index in [4.69, 9.17) is 4.74 Å². The van der Waals surface area contributed by atoms with Gasteiger partial charge in [0, 0.05) is 7.11 Å². The zero-order valence-corrected chi connectivity index (χ0v) is 15.5. The van der Waals surface area contributed by atoms with Crippen LogP contribution in [0.5, 0.6) is 5.75 Å². The number of benzene rings is 1. The maximum atomic E-state index is 10.4. The summed E-state index contributed by atoms with van der Waals surface area (Å²) in [6.07, 6.45) is 4.38. The van der Waals surface area contributed by atoms with Gasteiger partial charge >= 0.3 is 0 Å². The van der Waals surface area contributed by atoms with Crippen molar-refractivity contribution < 1.29 is 9.84 Å². The number of phenolic OH excluding ortho intramolecular Hbond substituents is 1. The van der Waals surface area contributed by atoms with Crippen molar-refractivity contribution in [2.45, 2.75) is 79.2 Å². The Morgan fingerprint density at radius 3 is 2.18 bits per heavy atom. The van der Waals surface area contributed by atoms with Crippen LogP contribution < -0.4 is 0 Å². The fourth-order valence-corrected chi connectivity index (χ4v) is 3.00. The summed E-state index contributed by atoms with van der Waals surface area (Å²) in [5.41, 5.74) is 3.78. The van der Waals surface area contributed by atoms with Gasteiger partial charge in [-0.25, -0.2) is 0 Å². The molecular formula is C20H34O2. The van der Waals surface area contributed by atoms with Gasteiger partial charge < -0.3 is 9.84 Å². The van der Waals surface area contributed by atoms with Crippen molar-refractivity contribution in [1.29, 1.82) is 0 Å². The Morgan fingerprint density at radius 1 is 1.05 bits per heavy atom. The molecule has 2 nitrogen and oxygen atoms in total. The molecule has 0 saturated heterocycles. The summed E-state index contributed by atoms with van der Waals surface area (Å²) in [4.78, 5) is 0. The Kier molecular flexibility index (Phi) is 6.49. The molecule has 0 aliphatic carbocycles. The van der Waals surface area contributed by atoms with Crippen molar-refractivity contribution in [3.63, 3.8) is 0 Å². The Morgan fingerprint density at radius 2 is 1.68 bits per heavy atom. The van der Waals surface area contributed by atoms with E-state index >= 15 is 0 Å². The SMILES string of the molecule is CCc1c(O)cc(C(C)(C)CCCC(C)(C)C)cc1COC. The van der Waals surface area contributed by atoms with Crippen LogP contribution in [0.3, 0.4) is 0 Å². The largest absolute Gasteiger partial charge is 0.508 e. The molecule has 2 heteroatoms. The van der Waals surface area contributed by atoms with Crippen LogP contribution in [0, 0.1) is 5.41 Å². The lowest BCUT2D eigenvalue weighted by molar-refractivity contribution is 0.183. The van der Waals surface area contributed by atoms with Gasteiger partial charge in [-0.1, -0.05) is 54.0 Å². The fraction of sp³-hybridized carbons (Fsp3) is 0.700. The zero-order valence-electron chi connectivity index (χ0n) is 15.5. The Labute approximate surface area is 136 Å². The van der Waals surface area contributed by atoms with Crippen LogP contribution in [0.2, 0.25) is 0 Å².